The highest BCUT2D eigenvalue weighted by Gasteiger charge is 2.04. The van der Waals surface area contributed by atoms with E-state index in [0.29, 0.717) is 0 Å². The van der Waals surface area contributed by atoms with Crippen molar-refractivity contribution in [3.63, 3.8) is 0 Å². The van der Waals surface area contributed by atoms with Crippen LogP contribution in [0.15, 0.2) is 0 Å². The molecule has 0 aliphatic heterocycles. The maximum absolute atomic E-state index is 3.34. The molecule has 0 bridgehead atoms. The van der Waals surface area contributed by atoms with Crippen molar-refractivity contribution >= 4 is 15.0 Å². The summed E-state index contributed by atoms with van der Waals surface area (Å²) in [6.07, 6.45) is 2.63. The lowest BCUT2D eigenvalue weighted by molar-refractivity contribution is 1.50. The lowest BCUT2D eigenvalue weighted by Crippen LogP contribution is -1.49. The van der Waals surface area contributed by atoms with E-state index < -0.39 is 0 Å². The minimum atomic E-state index is 1.32. The molecule has 4 heavy (non-hydrogen) atoms. The van der Waals surface area contributed by atoms with Crippen molar-refractivity contribution < 1.29 is 0 Å². The third kappa shape index (κ3) is 0.259. The summed E-state index contributed by atoms with van der Waals surface area (Å²) in [6.45, 7) is 0. The van der Waals surface area contributed by atoms with Crippen molar-refractivity contribution in [1.29, 1.82) is 0 Å². The van der Waals surface area contributed by atoms with E-state index in [1.54, 1.807) is 0 Å². The van der Waals surface area contributed by atoms with E-state index in [1.165, 1.54) is 18.0 Å². The Kier molecular flexibility index (Phi) is 0.303. The molecule has 0 atom stereocenters. The quantitative estimate of drug-likeness (QED) is 0.354. The van der Waals surface area contributed by atoms with Gasteiger partial charge in [0.15, 0.2) is 0 Å². The molecule has 1 aliphatic carbocycles. The molecule has 0 nitrogen and oxygen atoms in total. The van der Waals surface area contributed by atoms with E-state index in [1.807, 2.05) is 0 Å². The molecule has 0 saturated heterocycles. The average molecular weight is 68.2 g/mol. The van der Waals surface area contributed by atoms with Crippen molar-refractivity contribution in [1.82, 2.24) is 0 Å². The van der Waals surface area contributed by atoms with Crippen LogP contribution in [0.4, 0.5) is 0 Å². The number of rotatable bonds is 0. The molecule has 2 radical (unpaired) electrons. The van der Waals surface area contributed by atoms with Crippen molar-refractivity contribution in [2.75, 3.05) is 0 Å². The van der Waals surface area contributed by atoms with Gasteiger partial charge >= 0.3 is 0 Å². The molecule has 1 heteroatoms. The highest BCUT2D eigenvalue weighted by atomic mass is 28.1. The molecule has 1 fully saturated rings. The van der Waals surface area contributed by atoms with Crippen LogP contribution in [0.5, 0.6) is 0 Å². The summed E-state index contributed by atoms with van der Waals surface area (Å²) in [5.41, 5.74) is 0. The SMILES string of the molecule is [Si]=C1CC1. The van der Waals surface area contributed by atoms with Crippen LogP contribution < -0.4 is 0 Å². The fourth-order valence-corrected chi connectivity index (χ4v) is 0.187. The predicted octanol–water partition coefficient (Wildman–Crippen LogP) is 0.121. The Morgan fingerprint density at radius 1 is 1.50 bits per heavy atom. The lowest BCUT2D eigenvalue weighted by Gasteiger charge is -1.33. The Hall–Kier alpha value is 0.0869. The van der Waals surface area contributed by atoms with Crippen LogP contribution in [-0.4, -0.2) is 15.0 Å². The fraction of sp³-hybridized carbons (Fsp3) is 0.667. The molecule has 0 unspecified atom stereocenters. The first kappa shape index (κ1) is 2.33. The molecule has 0 aromatic heterocycles. The van der Waals surface area contributed by atoms with Gasteiger partial charge in [-0.1, -0.05) is 5.17 Å². The van der Waals surface area contributed by atoms with Gasteiger partial charge < -0.3 is 0 Å². The average Bonchev–Trinajstić information content (AvgIpc) is 1.75. The highest BCUT2D eigenvalue weighted by Crippen LogP contribution is 2.07. The number of hydrogen-bond acceptors (Lipinski definition) is 0. The van der Waals surface area contributed by atoms with Gasteiger partial charge in [-0.2, -0.15) is 0 Å². The topological polar surface area (TPSA) is 0 Å². The van der Waals surface area contributed by atoms with E-state index in [4.69, 9.17) is 0 Å². The predicted molar refractivity (Wildman–Crippen MR) is 20.0 cm³/mol. The van der Waals surface area contributed by atoms with Crippen LogP contribution in [0.1, 0.15) is 12.8 Å². The van der Waals surface area contributed by atoms with Gasteiger partial charge in [0.1, 0.15) is 0 Å². The first-order valence-corrected chi connectivity index (χ1v) is 1.96. The molecular weight excluding hydrogens is 64.1 g/mol. The summed E-state index contributed by atoms with van der Waals surface area (Å²) in [5, 5.41) is 1.47. The summed E-state index contributed by atoms with van der Waals surface area (Å²) in [4.78, 5) is 0. The second-order valence-electron chi connectivity index (χ2n) is 1.10. The molecule has 1 saturated carbocycles. The van der Waals surface area contributed by atoms with Gasteiger partial charge in [0.05, 0.1) is 0 Å². The van der Waals surface area contributed by atoms with Gasteiger partial charge in [-0.15, -0.1) is 0 Å². The lowest BCUT2D eigenvalue weighted by atomic mass is 11.0. The molecule has 0 aromatic carbocycles. The van der Waals surface area contributed by atoms with Crippen LogP contribution in [0, 0.1) is 0 Å². The standard InChI is InChI=1S/C3H4Si/c4-3-1-2-3/h1-2H2. The summed E-state index contributed by atoms with van der Waals surface area (Å²) < 4.78 is 0. The summed E-state index contributed by atoms with van der Waals surface area (Å²) in [6, 6.07) is 0. The van der Waals surface area contributed by atoms with Crippen LogP contribution in [0.25, 0.3) is 0 Å². The van der Waals surface area contributed by atoms with Gasteiger partial charge in [-0.25, -0.2) is 0 Å². The van der Waals surface area contributed by atoms with Gasteiger partial charge in [-0.05, 0) is 12.8 Å². The van der Waals surface area contributed by atoms with E-state index in [0.717, 1.165) is 0 Å². The normalized spacial score (nSPS) is 21.5. The first-order chi connectivity index (χ1) is 1.89. The van der Waals surface area contributed by atoms with E-state index in [-0.39, 0.29) is 0 Å². The Morgan fingerprint density at radius 3 is 1.75 bits per heavy atom. The third-order valence-electron chi connectivity index (χ3n) is 0.500. The van der Waals surface area contributed by atoms with Crippen molar-refractivity contribution in [2.24, 2.45) is 0 Å². The molecule has 1 aliphatic rings. The molecule has 20 valence electrons. The molecule has 0 N–H and O–H groups in total. The minimum Gasteiger partial charge on any atom is -0.0880 e. The maximum Gasteiger partial charge on any atom is 0.0287 e. The Balaban J connectivity index is 2.60. The zero-order chi connectivity index (χ0) is 2.99. The second kappa shape index (κ2) is 0.520. The van der Waals surface area contributed by atoms with E-state index in [2.05, 4.69) is 9.85 Å². The third-order valence-corrected chi connectivity index (χ3v) is 1.000. The molecule has 0 amide bonds. The summed E-state index contributed by atoms with van der Waals surface area (Å²) in [5.74, 6) is 0. The maximum atomic E-state index is 3.34. The summed E-state index contributed by atoms with van der Waals surface area (Å²) in [7, 11) is 3.34. The summed E-state index contributed by atoms with van der Waals surface area (Å²) >= 11 is 0. The fourth-order valence-electron chi connectivity index (χ4n) is 0.0625. The Labute approximate surface area is 28.9 Å². The zero-order valence-corrected chi connectivity index (χ0v) is 3.41. The molecule has 0 aromatic rings. The zero-order valence-electron chi connectivity index (χ0n) is 2.41. The van der Waals surface area contributed by atoms with Gasteiger partial charge in [0, 0.05) is 9.85 Å². The van der Waals surface area contributed by atoms with Crippen molar-refractivity contribution in [3.8, 4) is 0 Å². The Morgan fingerprint density at radius 2 is 1.75 bits per heavy atom. The van der Waals surface area contributed by atoms with Crippen molar-refractivity contribution in [2.45, 2.75) is 12.8 Å². The van der Waals surface area contributed by atoms with Crippen LogP contribution in [-0.2, 0) is 0 Å². The van der Waals surface area contributed by atoms with Crippen LogP contribution in [0.3, 0.4) is 0 Å². The number of hydrogen-bond donors (Lipinski definition) is 0. The van der Waals surface area contributed by atoms with Gasteiger partial charge in [0.2, 0.25) is 0 Å². The highest BCUT2D eigenvalue weighted by molar-refractivity contribution is 6.43. The smallest absolute Gasteiger partial charge is 0.0287 e. The largest absolute Gasteiger partial charge is 0.0880 e. The molecule has 0 spiro atoms. The van der Waals surface area contributed by atoms with Gasteiger partial charge in [0.25, 0.3) is 0 Å². The van der Waals surface area contributed by atoms with E-state index >= 15 is 0 Å². The van der Waals surface area contributed by atoms with E-state index in [9.17, 15) is 0 Å². The van der Waals surface area contributed by atoms with Crippen LogP contribution in [0.2, 0.25) is 0 Å². The Bertz CT molecular complexity index is 41.2. The first-order valence-electron chi connectivity index (χ1n) is 1.46. The molecule has 1 rings (SSSR count). The van der Waals surface area contributed by atoms with Gasteiger partial charge in [-0.3, -0.25) is 0 Å². The van der Waals surface area contributed by atoms with Crippen LogP contribution >= 0.6 is 0 Å². The minimum absolute atomic E-state index is 1.32. The molecule has 0 heterocycles. The second-order valence-corrected chi connectivity index (χ2v) is 1.81. The molecular formula is C3H4Si. The van der Waals surface area contributed by atoms with Crippen molar-refractivity contribution in [3.05, 3.63) is 0 Å². The monoisotopic (exact) mass is 68.0 g/mol.